The van der Waals surface area contributed by atoms with Crippen LogP contribution in [0.3, 0.4) is 0 Å². The maximum Gasteiger partial charge on any atom is 0.146 e. The van der Waals surface area contributed by atoms with Crippen molar-refractivity contribution < 1.29 is 4.79 Å². The van der Waals surface area contributed by atoms with Gasteiger partial charge in [0.2, 0.25) is 0 Å². The first-order chi connectivity index (χ1) is 7.95. The summed E-state index contributed by atoms with van der Waals surface area (Å²) >= 11 is 0. The zero-order valence-corrected chi connectivity index (χ0v) is 12.5. The van der Waals surface area contributed by atoms with Crippen molar-refractivity contribution in [3.63, 3.8) is 0 Å². The Balaban J connectivity index is 4.04. The minimum Gasteiger partial charge on any atom is -0.298 e. The summed E-state index contributed by atoms with van der Waals surface area (Å²) in [6.07, 6.45) is 4.09. The van der Waals surface area contributed by atoms with Crippen molar-refractivity contribution in [1.29, 1.82) is 0 Å². The molecule has 102 valence electrons. The van der Waals surface area contributed by atoms with Gasteiger partial charge in [-0.15, -0.1) is 0 Å². The zero-order chi connectivity index (χ0) is 13.3. The van der Waals surface area contributed by atoms with Crippen molar-refractivity contribution in [2.75, 3.05) is 19.6 Å². The molecular formula is C15H31NO. The first-order valence-corrected chi connectivity index (χ1v) is 7.19. The van der Waals surface area contributed by atoms with E-state index in [1.54, 1.807) is 0 Å². The van der Waals surface area contributed by atoms with Crippen LogP contribution < -0.4 is 0 Å². The zero-order valence-electron chi connectivity index (χ0n) is 12.5. The third-order valence-electron chi connectivity index (χ3n) is 2.97. The molecule has 0 unspecified atom stereocenters. The maximum atomic E-state index is 11.7. The van der Waals surface area contributed by atoms with E-state index in [0.717, 1.165) is 37.8 Å². The van der Waals surface area contributed by atoms with Crippen LogP contribution in [-0.2, 0) is 4.79 Å². The fourth-order valence-electron chi connectivity index (χ4n) is 1.76. The van der Waals surface area contributed by atoms with E-state index in [0.29, 0.717) is 12.3 Å². The monoisotopic (exact) mass is 241 g/mol. The third kappa shape index (κ3) is 10.5. The molecule has 17 heavy (non-hydrogen) atoms. The Morgan fingerprint density at radius 3 is 1.82 bits per heavy atom. The molecule has 0 saturated carbocycles. The Bertz CT molecular complexity index is 187. The molecule has 0 aromatic carbocycles. The van der Waals surface area contributed by atoms with Gasteiger partial charge in [0.15, 0.2) is 0 Å². The van der Waals surface area contributed by atoms with E-state index in [-0.39, 0.29) is 0 Å². The number of carbonyl (C=O) groups is 1. The molecule has 0 rings (SSSR count). The number of rotatable bonds is 10. The summed E-state index contributed by atoms with van der Waals surface area (Å²) in [5.74, 6) is 1.84. The third-order valence-corrected chi connectivity index (χ3v) is 2.97. The van der Waals surface area contributed by atoms with Crippen LogP contribution in [0.15, 0.2) is 0 Å². The first kappa shape index (κ1) is 16.6. The average Bonchev–Trinajstić information content (AvgIpc) is 2.22. The molecule has 0 radical (unpaired) electrons. The number of carbonyl (C=O) groups excluding carboxylic acids is 1. The van der Waals surface area contributed by atoms with Crippen LogP contribution in [0, 0.1) is 11.8 Å². The fourth-order valence-corrected chi connectivity index (χ4v) is 1.76. The summed E-state index contributed by atoms with van der Waals surface area (Å²) in [6, 6.07) is 0. The lowest BCUT2D eigenvalue weighted by Gasteiger charge is -2.23. The Labute approximate surface area is 108 Å². The molecule has 0 heterocycles. The lowest BCUT2D eigenvalue weighted by Crippen LogP contribution is -2.33. The van der Waals surface area contributed by atoms with Gasteiger partial charge in [-0.05, 0) is 44.2 Å². The molecule has 0 saturated heterocycles. The van der Waals surface area contributed by atoms with E-state index in [2.05, 4.69) is 39.5 Å². The molecule has 0 N–H and O–H groups in total. The molecule has 0 aliphatic heterocycles. The van der Waals surface area contributed by atoms with Crippen LogP contribution >= 0.6 is 0 Å². The molecule has 0 bridgehead atoms. The number of hydrogen-bond donors (Lipinski definition) is 0. The number of hydrogen-bond acceptors (Lipinski definition) is 2. The van der Waals surface area contributed by atoms with E-state index in [9.17, 15) is 4.79 Å². The Kier molecular flexibility index (Phi) is 9.43. The minimum atomic E-state index is 0.403. The molecule has 0 spiro atoms. The summed E-state index contributed by atoms with van der Waals surface area (Å²) in [6.45, 7) is 13.9. The van der Waals surface area contributed by atoms with Crippen LogP contribution in [-0.4, -0.2) is 30.3 Å². The van der Waals surface area contributed by atoms with E-state index in [1.165, 1.54) is 12.8 Å². The van der Waals surface area contributed by atoms with Gasteiger partial charge in [-0.3, -0.25) is 9.69 Å². The molecular weight excluding hydrogens is 210 g/mol. The normalized spacial score (nSPS) is 11.8. The highest BCUT2D eigenvalue weighted by Crippen LogP contribution is 2.07. The molecule has 0 fully saturated rings. The van der Waals surface area contributed by atoms with Crippen LogP contribution in [0.25, 0.3) is 0 Å². The standard InChI is InChI=1S/C15H31NO/c1-6-7-15(17)12-16(10-8-13(2)3)11-9-14(4)5/h13-14H,6-12H2,1-5H3. The summed E-state index contributed by atoms with van der Waals surface area (Å²) < 4.78 is 0. The van der Waals surface area contributed by atoms with Crippen molar-refractivity contribution in [1.82, 2.24) is 4.90 Å². The van der Waals surface area contributed by atoms with Gasteiger partial charge in [0, 0.05) is 6.42 Å². The Morgan fingerprint density at radius 1 is 1.00 bits per heavy atom. The molecule has 0 atom stereocenters. The van der Waals surface area contributed by atoms with Gasteiger partial charge in [0.1, 0.15) is 5.78 Å². The predicted octanol–water partition coefficient (Wildman–Crippen LogP) is 3.75. The summed E-state index contributed by atoms with van der Waals surface area (Å²) in [5, 5.41) is 0. The van der Waals surface area contributed by atoms with E-state index < -0.39 is 0 Å². The lowest BCUT2D eigenvalue weighted by molar-refractivity contribution is -0.120. The molecule has 0 aromatic heterocycles. The second kappa shape index (κ2) is 9.64. The lowest BCUT2D eigenvalue weighted by atomic mass is 10.1. The molecule has 2 heteroatoms. The predicted molar refractivity (Wildman–Crippen MR) is 75.3 cm³/mol. The summed E-state index contributed by atoms with van der Waals surface area (Å²) in [4.78, 5) is 14.0. The van der Waals surface area contributed by atoms with Crippen LogP contribution in [0.5, 0.6) is 0 Å². The van der Waals surface area contributed by atoms with Gasteiger partial charge >= 0.3 is 0 Å². The Morgan fingerprint density at radius 2 is 1.47 bits per heavy atom. The highest BCUT2D eigenvalue weighted by atomic mass is 16.1. The number of nitrogens with zero attached hydrogens (tertiary/aromatic N) is 1. The number of Topliss-reactive ketones (excluding diaryl/α,β-unsaturated/α-hetero) is 1. The van der Waals surface area contributed by atoms with Gasteiger partial charge in [0.05, 0.1) is 6.54 Å². The van der Waals surface area contributed by atoms with E-state index in [4.69, 9.17) is 0 Å². The number of ketones is 1. The molecule has 0 amide bonds. The second-order valence-electron chi connectivity index (χ2n) is 5.93. The second-order valence-corrected chi connectivity index (χ2v) is 5.93. The highest BCUT2D eigenvalue weighted by Gasteiger charge is 2.11. The largest absolute Gasteiger partial charge is 0.298 e. The van der Waals surface area contributed by atoms with Gasteiger partial charge in [-0.1, -0.05) is 34.6 Å². The van der Waals surface area contributed by atoms with Crippen LogP contribution in [0.1, 0.15) is 60.3 Å². The van der Waals surface area contributed by atoms with Crippen LogP contribution in [0.4, 0.5) is 0 Å². The highest BCUT2D eigenvalue weighted by molar-refractivity contribution is 5.80. The minimum absolute atomic E-state index is 0.403. The summed E-state index contributed by atoms with van der Waals surface area (Å²) in [7, 11) is 0. The van der Waals surface area contributed by atoms with E-state index >= 15 is 0 Å². The molecule has 0 aliphatic rings. The summed E-state index contributed by atoms with van der Waals surface area (Å²) in [5.41, 5.74) is 0. The van der Waals surface area contributed by atoms with Crippen molar-refractivity contribution >= 4 is 5.78 Å². The molecule has 2 nitrogen and oxygen atoms in total. The fraction of sp³-hybridized carbons (Fsp3) is 0.933. The Hall–Kier alpha value is -0.370. The van der Waals surface area contributed by atoms with Gasteiger partial charge in [-0.25, -0.2) is 0 Å². The average molecular weight is 241 g/mol. The van der Waals surface area contributed by atoms with Crippen molar-refractivity contribution in [2.45, 2.75) is 60.3 Å². The molecule has 0 aliphatic carbocycles. The smallest absolute Gasteiger partial charge is 0.146 e. The maximum absolute atomic E-state index is 11.7. The van der Waals surface area contributed by atoms with Crippen molar-refractivity contribution in [3.05, 3.63) is 0 Å². The van der Waals surface area contributed by atoms with Crippen molar-refractivity contribution in [3.8, 4) is 0 Å². The van der Waals surface area contributed by atoms with Crippen LogP contribution in [0.2, 0.25) is 0 Å². The van der Waals surface area contributed by atoms with E-state index in [1.807, 2.05) is 0 Å². The van der Waals surface area contributed by atoms with Gasteiger partial charge in [0.25, 0.3) is 0 Å². The topological polar surface area (TPSA) is 20.3 Å². The van der Waals surface area contributed by atoms with Gasteiger partial charge in [-0.2, -0.15) is 0 Å². The quantitative estimate of drug-likeness (QED) is 0.580. The SMILES string of the molecule is CCCC(=O)CN(CCC(C)C)CCC(C)C. The van der Waals surface area contributed by atoms with Crippen molar-refractivity contribution in [2.24, 2.45) is 11.8 Å². The van der Waals surface area contributed by atoms with Gasteiger partial charge < -0.3 is 0 Å². The first-order valence-electron chi connectivity index (χ1n) is 7.19. The molecule has 0 aromatic rings.